The largest absolute Gasteiger partial charge is 0.478 e. The van der Waals surface area contributed by atoms with Gasteiger partial charge in [0, 0.05) is 34.7 Å². The van der Waals surface area contributed by atoms with Crippen molar-refractivity contribution in [3.63, 3.8) is 0 Å². The van der Waals surface area contributed by atoms with Crippen LogP contribution in [0, 0.1) is 17.8 Å². The smallest absolute Gasteiger partial charge is 0.335 e. The molecule has 5 aliphatic rings. The lowest BCUT2D eigenvalue weighted by Crippen LogP contribution is -2.61. The highest BCUT2D eigenvalue weighted by Gasteiger charge is 2.51. The molecule has 52 heavy (non-hydrogen) atoms. The second-order valence-electron chi connectivity index (χ2n) is 15.3. The minimum atomic E-state index is -0.942. The van der Waals surface area contributed by atoms with E-state index in [2.05, 4.69) is 41.0 Å². The van der Waals surface area contributed by atoms with Crippen LogP contribution in [0.3, 0.4) is 0 Å². The van der Waals surface area contributed by atoms with Crippen molar-refractivity contribution in [3.8, 4) is 11.1 Å². The molecule has 0 radical (unpaired) electrons. The predicted octanol–water partition coefficient (Wildman–Crippen LogP) is 8.65. The first-order chi connectivity index (χ1) is 25.3. The van der Waals surface area contributed by atoms with Gasteiger partial charge >= 0.3 is 12.0 Å². The molecule has 8 nitrogen and oxygen atoms in total. The number of benzene rings is 4. The number of urea groups is 1. The molecule has 2 amide bonds. The summed E-state index contributed by atoms with van der Waals surface area (Å²) in [7, 11) is 0. The number of aliphatic hydroxyl groups excluding tert-OH is 1. The van der Waals surface area contributed by atoms with Gasteiger partial charge in [-0.2, -0.15) is 0 Å². The summed E-state index contributed by atoms with van der Waals surface area (Å²) < 4.78 is 13.2. The monoisotopic (exact) mass is 718 g/mol. The molecule has 5 fully saturated rings. The first-order valence-corrected chi connectivity index (χ1v) is 19.5. The van der Waals surface area contributed by atoms with Gasteiger partial charge in [-0.15, -0.1) is 11.8 Å². The van der Waals surface area contributed by atoms with Crippen molar-refractivity contribution in [2.45, 2.75) is 87.0 Å². The second-order valence-corrected chi connectivity index (χ2v) is 16.4. The number of rotatable bonds is 11. The Kier molecular flexibility index (Phi) is 10.1. The Balaban J connectivity index is 0.949. The quantitative estimate of drug-likeness (QED) is 0.115. The average molecular weight is 719 g/mol. The molecule has 4 aliphatic carbocycles. The molecule has 9 heteroatoms. The zero-order valence-electron chi connectivity index (χ0n) is 29.2. The van der Waals surface area contributed by atoms with Gasteiger partial charge in [-0.25, -0.2) is 9.59 Å². The van der Waals surface area contributed by atoms with E-state index in [-0.39, 0.29) is 35.9 Å². The zero-order chi connectivity index (χ0) is 35.7. The Bertz CT molecular complexity index is 1860. The molecule has 270 valence electrons. The molecule has 4 aromatic carbocycles. The fraction of sp³-hybridized carbons (Fsp3) is 0.395. The number of carboxylic acids is 1. The van der Waals surface area contributed by atoms with Gasteiger partial charge in [-0.05, 0) is 120 Å². The molecule has 0 spiro atoms. The number of amides is 2. The fourth-order valence-electron chi connectivity index (χ4n) is 9.36. The Labute approximate surface area is 309 Å². The van der Waals surface area contributed by atoms with Crippen LogP contribution in [0.2, 0.25) is 0 Å². The highest BCUT2D eigenvalue weighted by molar-refractivity contribution is 7.99. The van der Waals surface area contributed by atoms with E-state index in [1.165, 1.54) is 19.3 Å². The van der Waals surface area contributed by atoms with Gasteiger partial charge in [0.25, 0.3) is 0 Å². The number of hydrogen-bond donors (Lipinski definition) is 4. The van der Waals surface area contributed by atoms with E-state index in [1.54, 1.807) is 23.9 Å². The summed E-state index contributed by atoms with van der Waals surface area (Å²) in [5, 5.41) is 25.4. The maximum atomic E-state index is 13.1. The minimum Gasteiger partial charge on any atom is -0.478 e. The van der Waals surface area contributed by atoms with Crippen LogP contribution in [0.25, 0.3) is 11.1 Å². The van der Waals surface area contributed by atoms with Crippen LogP contribution in [-0.2, 0) is 22.6 Å². The number of ether oxygens (including phenoxy) is 2. The average Bonchev–Trinajstić information content (AvgIpc) is 3.16. The molecule has 4 N–H and O–H groups in total. The van der Waals surface area contributed by atoms with Crippen molar-refractivity contribution in [2.24, 2.45) is 17.8 Å². The summed E-state index contributed by atoms with van der Waals surface area (Å²) >= 11 is 1.63. The van der Waals surface area contributed by atoms with Crippen LogP contribution in [0.5, 0.6) is 0 Å². The summed E-state index contributed by atoms with van der Waals surface area (Å²) in [4.78, 5) is 25.4. The van der Waals surface area contributed by atoms with Crippen molar-refractivity contribution < 1.29 is 29.3 Å². The van der Waals surface area contributed by atoms with Crippen LogP contribution in [-0.4, -0.2) is 39.6 Å². The van der Waals surface area contributed by atoms with Gasteiger partial charge in [0.05, 0.1) is 24.4 Å². The lowest BCUT2D eigenvalue weighted by molar-refractivity contribution is -0.245. The van der Waals surface area contributed by atoms with E-state index in [9.17, 15) is 19.8 Å². The van der Waals surface area contributed by atoms with Crippen LogP contribution in [0.1, 0.15) is 90.0 Å². The molecular formula is C43H46N2O6S. The van der Waals surface area contributed by atoms with E-state index in [0.29, 0.717) is 18.7 Å². The highest BCUT2D eigenvalue weighted by Crippen LogP contribution is 2.55. The summed E-state index contributed by atoms with van der Waals surface area (Å²) in [5.41, 5.74) is 6.14. The Morgan fingerprint density at radius 2 is 1.42 bits per heavy atom. The van der Waals surface area contributed by atoms with Crippen molar-refractivity contribution in [1.29, 1.82) is 0 Å². The third-order valence-corrected chi connectivity index (χ3v) is 12.6. The van der Waals surface area contributed by atoms with Crippen molar-refractivity contribution in [2.75, 3.05) is 5.75 Å². The summed E-state index contributed by atoms with van der Waals surface area (Å²) in [6.45, 7) is 0.437. The van der Waals surface area contributed by atoms with Gasteiger partial charge in [-0.3, -0.25) is 0 Å². The number of aliphatic hydroxyl groups is 1. The van der Waals surface area contributed by atoms with E-state index in [4.69, 9.17) is 9.47 Å². The maximum absolute atomic E-state index is 13.1. The molecule has 0 unspecified atom stereocenters. The molecule has 9 rings (SSSR count). The zero-order valence-corrected chi connectivity index (χ0v) is 30.0. The Hall–Kier alpha value is -4.15. The topological polar surface area (TPSA) is 117 Å². The molecular weight excluding hydrogens is 673 g/mol. The van der Waals surface area contributed by atoms with Crippen LogP contribution in [0.4, 0.5) is 4.79 Å². The number of aromatic carboxylic acids is 1. The number of thioether (sulfide) groups is 1. The number of hydrogen-bond acceptors (Lipinski definition) is 6. The molecule has 0 aromatic heterocycles. The van der Waals surface area contributed by atoms with E-state index < -0.39 is 12.3 Å². The SMILES string of the molecule is O=C(NCc1cccc(-c2cccc([C@H]3O[C@@H](CSc4ccc(C(=O)O)cc4)C[C@@H](c4ccc(CO)cc4)O3)c2)c1)NC12CC3CC(CC(C3)C1)C2. The molecule has 4 saturated carbocycles. The summed E-state index contributed by atoms with van der Waals surface area (Å²) in [6, 6.07) is 31.3. The van der Waals surface area contributed by atoms with Gasteiger partial charge in [-0.1, -0.05) is 60.7 Å². The molecule has 3 atom stereocenters. The lowest BCUT2D eigenvalue weighted by Gasteiger charge is -2.56. The number of nitrogens with one attached hydrogen (secondary N) is 2. The maximum Gasteiger partial charge on any atom is 0.335 e. The Morgan fingerprint density at radius 1 is 0.750 bits per heavy atom. The van der Waals surface area contributed by atoms with Gasteiger partial charge in [0.2, 0.25) is 0 Å². The van der Waals surface area contributed by atoms with Crippen LogP contribution >= 0.6 is 11.8 Å². The molecule has 1 heterocycles. The van der Waals surface area contributed by atoms with Gasteiger partial charge in [0.15, 0.2) is 6.29 Å². The second kappa shape index (κ2) is 15.1. The predicted molar refractivity (Wildman–Crippen MR) is 201 cm³/mol. The van der Waals surface area contributed by atoms with Gasteiger partial charge < -0.3 is 30.3 Å². The van der Waals surface area contributed by atoms with Crippen LogP contribution < -0.4 is 10.6 Å². The number of carbonyl (C=O) groups excluding carboxylic acids is 1. The third-order valence-electron chi connectivity index (χ3n) is 11.4. The third kappa shape index (κ3) is 7.93. The highest BCUT2D eigenvalue weighted by atomic mass is 32.2. The molecule has 4 aromatic rings. The van der Waals surface area contributed by atoms with Crippen molar-refractivity contribution in [3.05, 3.63) is 125 Å². The van der Waals surface area contributed by atoms with E-state index >= 15 is 0 Å². The van der Waals surface area contributed by atoms with Crippen molar-refractivity contribution in [1.82, 2.24) is 10.6 Å². The van der Waals surface area contributed by atoms with E-state index in [1.807, 2.05) is 54.6 Å². The fourth-order valence-corrected chi connectivity index (χ4v) is 10.3. The lowest BCUT2D eigenvalue weighted by atomic mass is 9.53. The number of carbonyl (C=O) groups is 2. The van der Waals surface area contributed by atoms with Gasteiger partial charge in [0.1, 0.15) is 0 Å². The molecule has 1 saturated heterocycles. The summed E-state index contributed by atoms with van der Waals surface area (Å²) in [5.74, 6) is 2.07. The summed E-state index contributed by atoms with van der Waals surface area (Å²) in [6.07, 6.45) is 7.14. The number of carboxylic acid groups (broad SMARTS) is 1. The normalized spacial score (nSPS) is 27.6. The molecule has 4 bridgehead atoms. The van der Waals surface area contributed by atoms with Crippen LogP contribution in [0.15, 0.2) is 102 Å². The minimum absolute atomic E-state index is 0.0163. The molecule has 1 aliphatic heterocycles. The Morgan fingerprint density at radius 3 is 2.10 bits per heavy atom. The van der Waals surface area contributed by atoms with E-state index in [0.717, 1.165) is 75.3 Å². The first-order valence-electron chi connectivity index (χ1n) is 18.5. The van der Waals surface area contributed by atoms with Crippen molar-refractivity contribution >= 4 is 23.8 Å². The first kappa shape index (κ1) is 34.9. The standard InChI is InChI=1S/C43H46N2O6S/c46-25-27-7-9-32(10-8-27)39-20-37(26-52-38-13-11-33(12-14-38)40(47)48)50-41(51-39)36-6-2-5-35(19-36)34-4-1-3-28(18-34)24-44-42(49)45-43-21-29-15-30(22-43)17-31(16-29)23-43/h1-14,18-19,29-31,37,39,41,46H,15-17,20-26H2,(H,47,48)(H2,44,45,49)/t29?,30?,31?,37-,39+,41+,43?/m1/s1.